The summed E-state index contributed by atoms with van der Waals surface area (Å²) in [6.45, 7) is 10.4. The lowest BCUT2D eigenvalue weighted by Gasteiger charge is -2.37. The standard InChI is InChI=1S/C9H18ClN3OS2Si/c1-9(2,3)17(4,5)13-16(11,14)8-12-7(10)6-15-8/h6H,1-5H3,(H2,11,13,14). The first-order valence-electron chi connectivity index (χ1n) is 5.14. The van der Waals surface area contributed by atoms with E-state index in [0.29, 0.717) is 5.15 Å². The minimum absolute atomic E-state index is 0.0117. The number of halogens is 1. The van der Waals surface area contributed by atoms with Crippen LogP contribution in [-0.2, 0) is 9.92 Å². The van der Waals surface area contributed by atoms with Crippen molar-refractivity contribution in [3.63, 3.8) is 0 Å². The average Bonchev–Trinajstić information content (AvgIpc) is 2.48. The van der Waals surface area contributed by atoms with Gasteiger partial charge in [-0.25, -0.2) is 18.4 Å². The Morgan fingerprint density at radius 2 is 2.06 bits per heavy atom. The van der Waals surface area contributed by atoms with Crippen LogP contribution in [0.3, 0.4) is 0 Å². The maximum absolute atomic E-state index is 12.3. The highest BCUT2D eigenvalue weighted by atomic mass is 35.5. The number of rotatable bonds is 3. The van der Waals surface area contributed by atoms with Gasteiger partial charge in [0.25, 0.3) is 0 Å². The van der Waals surface area contributed by atoms with Gasteiger partial charge in [0.2, 0.25) is 4.34 Å². The molecule has 2 N–H and O–H groups in total. The minimum atomic E-state index is -3.05. The van der Waals surface area contributed by atoms with Crippen molar-refractivity contribution in [2.24, 2.45) is 0 Å². The minimum Gasteiger partial charge on any atom is -0.247 e. The predicted molar refractivity (Wildman–Crippen MR) is 76.6 cm³/mol. The Bertz CT molecular complexity index is 505. The summed E-state index contributed by atoms with van der Waals surface area (Å²) in [6.07, 6.45) is 0. The highest BCUT2D eigenvalue weighted by molar-refractivity contribution is 7.93. The molecule has 98 valence electrons. The summed E-state index contributed by atoms with van der Waals surface area (Å²) in [5.41, 5.74) is 0. The van der Waals surface area contributed by atoms with Gasteiger partial charge in [0.05, 0.1) is 0 Å². The number of hydrogen-bond acceptors (Lipinski definition) is 4. The molecule has 0 saturated carbocycles. The van der Waals surface area contributed by atoms with Crippen LogP contribution in [0.15, 0.2) is 9.72 Å². The van der Waals surface area contributed by atoms with Gasteiger partial charge >= 0.3 is 0 Å². The maximum Gasteiger partial charge on any atom is 0.205 e. The van der Waals surface area contributed by atoms with Gasteiger partial charge in [-0.2, -0.15) is 0 Å². The molecule has 1 rings (SSSR count). The van der Waals surface area contributed by atoms with Gasteiger partial charge in [-0.15, -0.1) is 11.3 Å². The molecule has 0 aliphatic carbocycles. The van der Waals surface area contributed by atoms with Crippen LogP contribution in [0.5, 0.6) is 0 Å². The fourth-order valence-electron chi connectivity index (χ4n) is 0.927. The number of thiazole rings is 1. The van der Waals surface area contributed by atoms with Crippen LogP contribution >= 0.6 is 22.9 Å². The molecular formula is C9H18ClN3OS2Si. The number of nitrogens with one attached hydrogen (secondary N) is 2. The number of hydrogen-bond donors (Lipinski definition) is 2. The van der Waals surface area contributed by atoms with Crippen LogP contribution in [0.2, 0.25) is 23.3 Å². The van der Waals surface area contributed by atoms with Crippen LogP contribution in [0.1, 0.15) is 20.8 Å². The topological polar surface area (TPSA) is 65.8 Å². The molecule has 0 spiro atoms. The first-order chi connectivity index (χ1) is 7.46. The van der Waals surface area contributed by atoms with E-state index in [-0.39, 0.29) is 9.38 Å². The van der Waals surface area contributed by atoms with Crippen LogP contribution in [0.4, 0.5) is 0 Å². The monoisotopic (exact) mass is 311 g/mol. The van der Waals surface area contributed by atoms with E-state index in [2.05, 4.69) is 43.2 Å². The Kier molecular flexibility index (Phi) is 4.10. The molecule has 0 aliphatic heterocycles. The van der Waals surface area contributed by atoms with Crippen LogP contribution in [0.25, 0.3) is 0 Å². The number of nitrogens with zero attached hydrogens (tertiary/aromatic N) is 1. The molecule has 0 amide bonds. The molecule has 0 saturated heterocycles. The molecule has 1 atom stereocenters. The van der Waals surface area contributed by atoms with Crippen molar-refractivity contribution >= 4 is 41.1 Å². The quantitative estimate of drug-likeness (QED) is 0.836. The SMILES string of the molecule is CC(C)(C)[Si](C)(C)NS(=N)(=O)c1nc(Cl)cs1. The summed E-state index contributed by atoms with van der Waals surface area (Å²) in [6, 6.07) is 0. The zero-order chi connectivity index (χ0) is 13.5. The Morgan fingerprint density at radius 1 is 1.53 bits per heavy atom. The van der Waals surface area contributed by atoms with E-state index in [9.17, 15) is 4.21 Å². The van der Waals surface area contributed by atoms with Crippen LogP contribution < -0.4 is 4.39 Å². The average molecular weight is 312 g/mol. The van der Waals surface area contributed by atoms with Gasteiger partial charge in [0.1, 0.15) is 13.4 Å². The largest absolute Gasteiger partial charge is 0.247 e. The van der Waals surface area contributed by atoms with Crippen LogP contribution in [0, 0.1) is 4.78 Å². The molecule has 1 heterocycles. The Labute approximate surface area is 113 Å². The fraction of sp³-hybridized carbons (Fsp3) is 0.667. The second kappa shape index (κ2) is 4.62. The van der Waals surface area contributed by atoms with E-state index in [1.807, 2.05) is 0 Å². The van der Waals surface area contributed by atoms with Crippen molar-refractivity contribution in [3.8, 4) is 0 Å². The number of aromatic nitrogens is 1. The molecular weight excluding hydrogens is 294 g/mol. The van der Waals surface area contributed by atoms with E-state index in [0.717, 1.165) is 11.3 Å². The summed E-state index contributed by atoms with van der Waals surface area (Å²) in [7, 11) is -5.05. The molecule has 0 fully saturated rings. The third-order valence-corrected chi connectivity index (χ3v) is 12.4. The molecule has 0 aliphatic rings. The summed E-state index contributed by atoms with van der Waals surface area (Å²) < 4.78 is 23.6. The molecule has 1 aromatic heterocycles. The molecule has 0 radical (unpaired) electrons. The highest BCUT2D eigenvalue weighted by Gasteiger charge is 2.38. The third-order valence-electron chi connectivity index (χ3n) is 2.97. The second-order valence-corrected chi connectivity index (χ2v) is 14.0. The van der Waals surface area contributed by atoms with E-state index in [4.69, 9.17) is 16.4 Å². The summed E-state index contributed by atoms with van der Waals surface area (Å²) in [4.78, 5) is 3.93. The van der Waals surface area contributed by atoms with Crippen molar-refractivity contribution in [1.82, 2.24) is 9.37 Å². The molecule has 0 bridgehead atoms. The van der Waals surface area contributed by atoms with E-state index >= 15 is 0 Å². The van der Waals surface area contributed by atoms with E-state index in [1.54, 1.807) is 5.38 Å². The lowest BCUT2D eigenvalue weighted by atomic mass is 10.2. The smallest absolute Gasteiger partial charge is 0.205 e. The summed E-state index contributed by atoms with van der Waals surface area (Å²) in [5.74, 6) is 0. The normalized spacial score (nSPS) is 16.8. The molecule has 8 heteroatoms. The lowest BCUT2D eigenvalue weighted by Crippen LogP contribution is -2.54. The predicted octanol–water partition coefficient (Wildman–Crippen LogP) is 3.71. The van der Waals surface area contributed by atoms with Crippen molar-refractivity contribution in [2.45, 2.75) is 43.2 Å². The second-order valence-electron chi connectivity index (χ2n) is 5.47. The van der Waals surface area contributed by atoms with E-state index < -0.39 is 18.2 Å². The van der Waals surface area contributed by atoms with Gasteiger partial charge in [0, 0.05) is 5.38 Å². The third kappa shape index (κ3) is 3.51. The first-order valence-corrected chi connectivity index (χ1v) is 11.0. The summed E-state index contributed by atoms with van der Waals surface area (Å²) in [5, 5.41) is 1.90. The van der Waals surface area contributed by atoms with Crippen molar-refractivity contribution in [3.05, 3.63) is 10.5 Å². The Hall–Kier alpha value is 0.0469. The first kappa shape index (κ1) is 15.1. The van der Waals surface area contributed by atoms with Crippen LogP contribution in [-0.4, -0.2) is 17.4 Å². The maximum atomic E-state index is 12.3. The zero-order valence-corrected chi connectivity index (χ0v) is 14.0. The molecule has 4 nitrogen and oxygen atoms in total. The molecule has 17 heavy (non-hydrogen) atoms. The van der Waals surface area contributed by atoms with Gasteiger partial charge in [-0.3, -0.25) is 0 Å². The molecule has 1 aromatic rings. The Morgan fingerprint density at radius 3 is 2.41 bits per heavy atom. The Balaban J connectivity index is 3.03. The van der Waals surface area contributed by atoms with Gasteiger partial charge in [-0.1, -0.05) is 45.5 Å². The highest BCUT2D eigenvalue weighted by Crippen LogP contribution is 2.35. The van der Waals surface area contributed by atoms with Crippen molar-refractivity contribution in [2.75, 3.05) is 0 Å². The zero-order valence-electron chi connectivity index (χ0n) is 10.6. The molecule has 0 aromatic carbocycles. The molecule has 1 unspecified atom stereocenters. The van der Waals surface area contributed by atoms with E-state index in [1.165, 1.54) is 0 Å². The lowest BCUT2D eigenvalue weighted by molar-refractivity contribution is 0.664. The van der Waals surface area contributed by atoms with Gasteiger partial charge < -0.3 is 0 Å². The fourth-order valence-corrected chi connectivity index (χ4v) is 7.38. The van der Waals surface area contributed by atoms with Gasteiger partial charge in [0.15, 0.2) is 9.92 Å². The summed E-state index contributed by atoms with van der Waals surface area (Å²) >= 11 is 6.86. The van der Waals surface area contributed by atoms with Crippen molar-refractivity contribution in [1.29, 1.82) is 4.78 Å². The van der Waals surface area contributed by atoms with Gasteiger partial charge in [-0.05, 0) is 5.04 Å². The van der Waals surface area contributed by atoms with Crippen molar-refractivity contribution < 1.29 is 4.21 Å².